The van der Waals surface area contributed by atoms with Crippen molar-refractivity contribution in [1.29, 1.82) is 0 Å². The van der Waals surface area contributed by atoms with Crippen LogP contribution in [0.3, 0.4) is 0 Å². The molecule has 1 aromatic carbocycles. The largest absolute Gasteiger partial charge is 0.497 e. The normalized spacial score (nSPS) is 12.4. The predicted molar refractivity (Wildman–Crippen MR) is 66.8 cm³/mol. The molecule has 0 aliphatic carbocycles. The Hall–Kier alpha value is -1.81. The maximum absolute atomic E-state index is 5.13. The van der Waals surface area contributed by atoms with E-state index in [1.54, 1.807) is 13.3 Å². The fourth-order valence-electron chi connectivity index (χ4n) is 1.65. The van der Waals surface area contributed by atoms with Crippen LogP contribution in [-0.4, -0.2) is 17.1 Å². The van der Waals surface area contributed by atoms with E-state index in [0.717, 1.165) is 18.1 Å². The topological polar surface area (TPSA) is 49.9 Å². The summed E-state index contributed by atoms with van der Waals surface area (Å²) >= 11 is 0. The second-order valence-corrected chi connectivity index (χ2v) is 3.91. The minimum Gasteiger partial charge on any atom is -0.497 e. The van der Waals surface area contributed by atoms with Gasteiger partial charge < -0.3 is 15.0 Å². The number of H-pyrrole nitrogens is 1. The molecule has 0 unspecified atom stereocenters. The lowest BCUT2D eigenvalue weighted by atomic mass is 10.1. The third kappa shape index (κ3) is 3.07. The van der Waals surface area contributed by atoms with Crippen LogP contribution < -0.4 is 10.1 Å². The molecule has 17 heavy (non-hydrogen) atoms. The maximum atomic E-state index is 5.13. The van der Waals surface area contributed by atoms with Gasteiger partial charge in [-0.2, -0.15) is 0 Å². The summed E-state index contributed by atoms with van der Waals surface area (Å²) in [4.78, 5) is 7.24. The molecular weight excluding hydrogens is 214 g/mol. The standard InChI is InChI=1S/C13H17N3O/c1-10(16-9-13-14-7-8-15-13)11-3-5-12(17-2)6-4-11/h3-8,10,16H,9H2,1-2H3,(H,14,15)/t10-/m1/s1. The van der Waals surface area contributed by atoms with Crippen LogP contribution in [0.4, 0.5) is 0 Å². The number of nitrogens with zero attached hydrogens (tertiary/aromatic N) is 1. The fraction of sp³-hybridized carbons (Fsp3) is 0.308. The Morgan fingerprint density at radius 1 is 1.35 bits per heavy atom. The second-order valence-electron chi connectivity index (χ2n) is 3.91. The molecule has 0 radical (unpaired) electrons. The van der Waals surface area contributed by atoms with E-state index in [-0.39, 0.29) is 6.04 Å². The number of methoxy groups -OCH3 is 1. The number of hydrogen-bond donors (Lipinski definition) is 2. The quantitative estimate of drug-likeness (QED) is 0.830. The molecular formula is C13H17N3O. The Morgan fingerprint density at radius 2 is 2.12 bits per heavy atom. The molecule has 4 heteroatoms. The highest BCUT2D eigenvalue weighted by Gasteiger charge is 2.05. The Bertz CT molecular complexity index is 436. The van der Waals surface area contributed by atoms with Gasteiger partial charge in [0.2, 0.25) is 0 Å². The van der Waals surface area contributed by atoms with E-state index in [0.29, 0.717) is 0 Å². The third-order valence-corrected chi connectivity index (χ3v) is 2.75. The molecule has 0 amide bonds. The van der Waals surface area contributed by atoms with Crippen molar-refractivity contribution in [3.05, 3.63) is 48.0 Å². The van der Waals surface area contributed by atoms with Crippen LogP contribution in [-0.2, 0) is 6.54 Å². The van der Waals surface area contributed by atoms with Crippen molar-refractivity contribution in [2.45, 2.75) is 19.5 Å². The lowest BCUT2D eigenvalue weighted by Crippen LogP contribution is -2.18. The van der Waals surface area contributed by atoms with Crippen LogP contribution in [0.1, 0.15) is 24.4 Å². The van der Waals surface area contributed by atoms with E-state index in [2.05, 4.69) is 34.3 Å². The molecule has 2 aromatic rings. The number of rotatable bonds is 5. The van der Waals surface area contributed by atoms with E-state index in [1.165, 1.54) is 5.56 Å². The highest BCUT2D eigenvalue weighted by Crippen LogP contribution is 2.17. The minimum atomic E-state index is 0.283. The second kappa shape index (κ2) is 5.50. The van der Waals surface area contributed by atoms with E-state index in [4.69, 9.17) is 4.74 Å². The first kappa shape index (κ1) is 11.7. The SMILES string of the molecule is COc1ccc([C@@H](C)NCc2ncc[nH]2)cc1. The van der Waals surface area contributed by atoms with Crippen molar-refractivity contribution in [3.8, 4) is 5.75 Å². The summed E-state index contributed by atoms with van der Waals surface area (Å²) in [6.07, 6.45) is 3.59. The van der Waals surface area contributed by atoms with Gasteiger partial charge in [-0.1, -0.05) is 12.1 Å². The number of ether oxygens (including phenoxy) is 1. The average Bonchev–Trinajstić information content (AvgIpc) is 2.89. The van der Waals surface area contributed by atoms with Crippen molar-refractivity contribution < 1.29 is 4.74 Å². The number of aromatic nitrogens is 2. The number of hydrogen-bond acceptors (Lipinski definition) is 3. The van der Waals surface area contributed by atoms with Gasteiger partial charge in [-0.3, -0.25) is 0 Å². The van der Waals surface area contributed by atoms with Crippen LogP contribution in [0.25, 0.3) is 0 Å². The number of imidazole rings is 1. The van der Waals surface area contributed by atoms with Gasteiger partial charge in [0.15, 0.2) is 0 Å². The van der Waals surface area contributed by atoms with Gasteiger partial charge in [-0.05, 0) is 24.6 Å². The number of nitrogens with one attached hydrogen (secondary N) is 2. The molecule has 1 heterocycles. The van der Waals surface area contributed by atoms with Crippen LogP contribution in [0, 0.1) is 0 Å². The highest BCUT2D eigenvalue weighted by molar-refractivity contribution is 5.28. The first-order chi connectivity index (χ1) is 8.29. The predicted octanol–water partition coefficient (Wildman–Crippen LogP) is 2.27. The summed E-state index contributed by atoms with van der Waals surface area (Å²) in [6, 6.07) is 8.36. The zero-order valence-electron chi connectivity index (χ0n) is 10.1. The molecule has 0 saturated heterocycles. The molecule has 1 aromatic heterocycles. The molecule has 90 valence electrons. The minimum absolute atomic E-state index is 0.283. The first-order valence-corrected chi connectivity index (χ1v) is 5.65. The molecule has 2 N–H and O–H groups in total. The highest BCUT2D eigenvalue weighted by atomic mass is 16.5. The van der Waals surface area contributed by atoms with Gasteiger partial charge in [0.05, 0.1) is 13.7 Å². The summed E-state index contributed by atoms with van der Waals surface area (Å²) < 4.78 is 5.13. The molecule has 1 atom stereocenters. The molecule has 0 fully saturated rings. The van der Waals surface area contributed by atoms with Gasteiger partial charge in [0.25, 0.3) is 0 Å². The molecule has 4 nitrogen and oxygen atoms in total. The fourth-order valence-corrected chi connectivity index (χ4v) is 1.65. The summed E-state index contributed by atoms with van der Waals surface area (Å²) in [7, 11) is 1.67. The van der Waals surface area contributed by atoms with Crippen LogP contribution >= 0.6 is 0 Å². The summed E-state index contributed by atoms with van der Waals surface area (Å²) in [5.74, 6) is 1.83. The van der Waals surface area contributed by atoms with Gasteiger partial charge in [0, 0.05) is 18.4 Å². The molecule has 0 spiro atoms. The van der Waals surface area contributed by atoms with Crippen molar-refractivity contribution in [2.75, 3.05) is 7.11 Å². The smallest absolute Gasteiger partial charge is 0.120 e. The third-order valence-electron chi connectivity index (χ3n) is 2.75. The van der Waals surface area contributed by atoms with Crippen LogP contribution in [0.15, 0.2) is 36.7 Å². The Labute approximate surface area is 101 Å². The first-order valence-electron chi connectivity index (χ1n) is 5.65. The van der Waals surface area contributed by atoms with Crippen molar-refractivity contribution >= 4 is 0 Å². The van der Waals surface area contributed by atoms with Crippen LogP contribution in [0.5, 0.6) is 5.75 Å². The zero-order chi connectivity index (χ0) is 12.1. The summed E-state index contributed by atoms with van der Waals surface area (Å²) in [5.41, 5.74) is 1.23. The van der Waals surface area contributed by atoms with Gasteiger partial charge in [-0.15, -0.1) is 0 Å². The maximum Gasteiger partial charge on any atom is 0.120 e. The van der Waals surface area contributed by atoms with E-state index < -0.39 is 0 Å². The monoisotopic (exact) mass is 231 g/mol. The van der Waals surface area contributed by atoms with Crippen molar-refractivity contribution in [2.24, 2.45) is 0 Å². The van der Waals surface area contributed by atoms with E-state index >= 15 is 0 Å². The molecule has 0 aliphatic rings. The summed E-state index contributed by atoms with van der Waals surface area (Å²) in [5, 5.41) is 3.40. The summed E-state index contributed by atoms with van der Waals surface area (Å²) in [6.45, 7) is 2.87. The lowest BCUT2D eigenvalue weighted by molar-refractivity contribution is 0.414. The van der Waals surface area contributed by atoms with Crippen molar-refractivity contribution in [3.63, 3.8) is 0 Å². The number of benzene rings is 1. The Morgan fingerprint density at radius 3 is 2.71 bits per heavy atom. The number of aromatic amines is 1. The molecule has 2 rings (SSSR count). The van der Waals surface area contributed by atoms with Gasteiger partial charge in [0.1, 0.15) is 11.6 Å². The molecule has 0 aliphatic heterocycles. The average molecular weight is 231 g/mol. The lowest BCUT2D eigenvalue weighted by Gasteiger charge is -2.13. The zero-order valence-corrected chi connectivity index (χ0v) is 10.1. The van der Waals surface area contributed by atoms with Crippen molar-refractivity contribution in [1.82, 2.24) is 15.3 Å². The van der Waals surface area contributed by atoms with E-state index in [9.17, 15) is 0 Å². The van der Waals surface area contributed by atoms with Crippen LogP contribution in [0.2, 0.25) is 0 Å². The van der Waals surface area contributed by atoms with Gasteiger partial charge >= 0.3 is 0 Å². The molecule has 0 saturated carbocycles. The van der Waals surface area contributed by atoms with E-state index in [1.807, 2.05) is 18.3 Å². The Balaban J connectivity index is 1.92. The van der Waals surface area contributed by atoms with Gasteiger partial charge in [-0.25, -0.2) is 4.98 Å². The Kier molecular flexibility index (Phi) is 3.77. The molecule has 0 bridgehead atoms.